The van der Waals surface area contributed by atoms with Crippen molar-refractivity contribution in [3.8, 4) is 17.2 Å². The van der Waals surface area contributed by atoms with Crippen LogP contribution in [0.1, 0.15) is 16.1 Å². The molecule has 0 saturated heterocycles. The second-order valence-corrected chi connectivity index (χ2v) is 5.64. The zero-order chi connectivity index (χ0) is 19.2. The fourth-order valence-corrected chi connectivity index (χ4v) is 2.62. The maximum absolute atomic E-state index is 12.7. The number of nitrogens with one attached hydrogen (secondary N) is 1. The van der Waals surface area contributed by atoms with Gasteiger partial charge in [-0.05, 0) is 18.2 Å². The molecule has 7 heteroatoms. The Morgan fingerprint density at radius 1 is 1.00 bits per heavy atom. The molecule has 0 aliphatic rings. The number of carbonyl (C=O) groups excluding carboxylic acids is 1. The SMILES string of the molecule is COc1ccccc1CNC(=O)c1nn(-c2ccccc2)c(=O)cc1OC. The van der Waals surface area contributed by atoms with Crippen molar-refractivity contribution in [2.24, 2.45) is 0 Å². The van der Waals surface area contributed by atoms with Crippen molar-refractivity contribution in [1.29, 1.82) is 0 Å². The first-order valence-electron chi connectivity index (χ1n) is 8.28. The van der Waals surface area contributed by atoms with Gasteiger partial charge in [0.15, 0.2) is 11.4 Å². The fraction of sp³-hybridized carbons (Fsp3) is 0.150. The van der Waals surface area contributed by atoms with Crippen LogP contribution in [-0.4, -0.2) is 29.9 Å². The first kappa shape index (κ1) is 18.2. The van der Waals surface area contributed by atoms with E-state index in [2.05, 4.69) is 10.4 Å². The van der Waals surface area contributed by atoms with Crippen molar-refractivity contribution in [2.45, 2.75) is 6.54 Å². The largest absolute Gasteiger partial charge is 0.496 e. The zero-order valence-corrected chi connectivity index (χ0v) is 15.0. The molecule has 3 rings (SSSR count). The van der Waals surface area contributed by atoms with Gasteiger partial charge in [-0.1, -0.05) is 36.4 Å². The second kappa shape index (κ2) is 8.18. The van der Waals surface area contributed by atoms with E-state index in [-0.39, 0.29) is 23.5 Å². The number of benzene rings is 2. The van der Waals surface area contributed by atoms with E-state index in [9.17, 15) is 9.59 Å². The molecule has 7 nitrogen and oxygen atoms in total. The lowest BCUT2D eigenvalue weighted by atomic mass is 10.2. The minimum atomic E-state index is -0.456. The molecule has 3 aromatic rings. The van der Waals surface area contributed by atoms with Crippen molar-refractivity contribution in [1.82, 2.24) is 15.1 Å². The Balaban J connectivity index is 1.90. The summed E-state index contributed by atoms with van der Waals surface area (Å²) in [5, 5.41) is 6.99. The van der Waals surface area contributed by atoms with E-state index in [4.69, 9.17) is 9.47 Å². The summed E-state index contributed by atoms with van der Waals surface area (Å²) in [6.45, 7) is 0.248. The van der Waals surface area contributed by atoms with Gasteiger partial charge in [-0.15, -0.1) is 0 Å². The third-order valence-corrected chi connectivity index (χ3v) is 3.96. The van der Waals surface area contributed by atoms with Crippen molar-refractivity contribution in [3.05, 3.63) is 82.3 Å². The van der Waals surface area contributed by atoms with Gasteiger partial charge in [-0.2, -0.15) is 9.78 Å². The number of aromatic nitrogens is 2. The Bertz CT molecular complexity index is 1000. The molecule has 0 bridgehead atoms. The van der Waals surface area contributed by atoms with Crippen molar-refractivity contribution >= 4 is 5.91 Å². The summed E-state index contributed by atoms with van der Waals surface area (Å²) >= 11 is 0. The van der Waals surface area contributed by atoms with Crippen molar-refractivity contribution in [2.75, 3.05) is 14.2 Å². The molecule has 0 fully saturated rings. The normalized spacial score (nSPS) is 10.3. The molecule has 1 heterocycles. The van der Waals surface area contributed by atoms with Crippen molar-refractivity contribution < 1.29 is 14.3 Å². The van der Waals surface area contributed by atoms with E-state index in [0.717, 1.165) is 5.56 Å². The summed E-state index contributed by atoms with van der Waals surface area (Å²) in [6.07, 6.45) is 0. The van der Waals surface area contributed by atoms with Crippen molar-refractivity contribution in [3.63, 3.8) is 0 Å². The van der Waals surface area contributed by atoms with Gasteiger partial charge in [0.25, 0.3) is 11.5 Å². The Morgan fingerprint density at radius 2 is 1.67 bits per heavy atom. The Labute approximate surface area is 156 Å². The fourth-order valence-electron chi connectivity index (χ4n) is 2.62. The minimum absolute atomic E-state index is 0.0239. The molecule has 0 radical (unpaired) electrons. The van der Waals surface area contributed by atoms with Crippen LogP contribution in [0.5, 0.6) is 11.5 Å². The molecule has 0 unspecified atom stereocenters. The van der Waals surface area contributed by atoms with Gasteiger partial charge in [0.1, 0.15) is 5.75 Å². The summed E-state index contributed by atoms with van der Waals surface area (Å²) in [7, 11) is 2.96. The molecule has 1 amide bonds. The molecule has 0 aliphatic carbocycles. The number of hydrogen-bond acceptors (Lipinski definition) is 5. The average Bonchev–Trinajstić information content (AvgIpc) is 2.72. The molecule has 1 aromatic heterocycles. The maximum Gasteiger partial charge on any atom is 0.275 e. The van der Waals surface area contributed by atoms with Crippen LogP contribution in [0.25, 0.3) is 5.69 Å². The van der Waals surface area contributed by atoms with E-state index in [1.165, 1.54) is 17.9 Å². The summed E-state index contributed by atoms with van der Waals surface area (Å²) in [6, 6.07) is 17.5. The molecule has 0 aliphatic heterocycles. The van der Waals surface area contributed by atoms with E-state index in [0.29, 0.717) is 11.4 Å². The first-order chi connectivity index (χ1) is 13.1. The monoisotopic (exact) mass is 365 g/mol. The smallest absolute Gasteiger partial charge is 0.275 e. The quantitative estimate of drug-likeness (QED) is 0.724. The van der Waals surface area contributed by atoms with Crippen LogP contribution in [0.4, 0.5) is 0 Å². The molecule has 138 valence electrons. The summed E-state index contributed by atoms with van der Waals surface area (Å²) < 4.78 is 11.6. The number of nitrogens with zero attached hydrogens (tertiary/aromatic N) is 2. The maximum atomic E-state index is 12.7. The molecular formula is C20H19N3O4. The van der Waals surface area contributed by atoms with Crippen LogP contribution < -0.4 is 20.3 Å². The van der Waals surface area contributed by atoms with Crippen LogP contribution in [0.2, 0.25) is 0 Å². The molecule has 0 atom stereocenters. The first-order valence-corrected chi connectivity index (χ1v) is 8.28. The number of methoxy groups -OCH3 is 2. The van der Waals surface area contributed by atoms with Crippen LogP contribution in [0.3, 0.4) is 0 Å². The predicted octanol–water partition coefficient (Wildman–Crippen LogP) is 2.18. The van der Waals surface area contributed by atoms with Gasteiger partial charge >= 0.3 is 0 Å². The average molecular weight is 365 g/mol. The Morgan fingerprint density at radius 3 is 2.37 bits per heavy atom. The van der Waals surface area contributed by atoms with E-state index >= 15 is 0 Å². The number of carbonyl (C=O) groups is 1. The summed E-state index contributed by atoms with van der Waals surface area (Å²) in [4.78, 5) is 25.0. The number of ether oxygens (including phenoxy) is 2. The molecular weight excluding hydrogens is 346 g/mol. The second-order valence-electron chi connectivity index (χ2n) is 5.64. The molecule has 27 heavy (non-hydrogen) atoms. The van der Waals surface area contributed by atoms with Gasteiger partial charge in [0.05, 0.1) is 26.0 Å². The lowest BCUT2D eigenvalue weighted by molar-refractivity contribution is 0.0940. The van der Waals surface area contributed by atoms with E-state index < -0.39 is 5.91 Å². The number of rotatable bonds is 6. The Kier molecular flexibility index (Phi) is 5.51. The van der Waals surface area contributed by atoms with Crippen LogP contribution >= 0.6 is 0 Å². The Hall–Kier alpha value is -3.61. The standard InChI is InChI=1S/C20H19N3O4/c1-26-16-11-7-6-8-14(16)13-21-20(25)19-17(27-2)12-18(24)23(22-19)15-9-4-3-5-10-15/h3-12H,13H2,1-2H3,(H,21,25). The van der Waals surface area contributed by atoms with E-state index in [1.54, 1.807) is 31.4 Å². The third-order valence-electron chi connectivity index (χ3n) is 3.96. The zero-order valence-electron chi connectivity index (χ0n) is 15.0. The number of hydrogen-bond donors (Lipinski definition) is 1. The summed E-state index contributed by atoms with van der Waals surface area (Å²) in [5.41, 5.74) is 1.02. The molecule has 0 spiro atoms. The van der Waals surface area contributed by atoms with Gasteiger partial charge in [-0.3, -0.25) is 9.59 Å². The van der Waals surface area contributed by atoms with Crippen LogP contribution in [-0.2, 0) is 6.54 Å². The predicted molar refractivity (Wildman–Crippen MR) is 101 cm³/mol. The third kappa shape index (κ3) is 3.98. The van der Waals surface area contributed by atoms with Gasteiger partial charge < -0.3 is 14.8 Å². The van der Waals surface area contributed by atoms with Crippen LogP contribution in [0.15, 0.2) is 65.5 Å². The minimum Gasteiger partial charge on any atom is -0.496 e. The highest BCUT2D eigenvalue weighted by Crippen LogP contribution is 2.18. The summed E-state index contributed by atoms with van der Waals surface area (Å²) in [5.74, 6) is 0.333. The highest BCUT2D eigenvalue weighted by molar-refractivity contribution is 5.94. The molecule has 0 saturated carbocycles. The topological polar surface area (TPSA) is 82.5 Å². The van der Waals surface area contributed by atoms with Gasteiger partial charge in [0.2, 0.25) is 0 Å². The number of para-hydroxylation sites is 2. The van der Waals surface area contributed by atoms with Crippen LogP contribution in [0, 0.1) is 0 Å². The lowest BCUT2D eigenvalue weighted by Crippen LogP contribution is -2.29. The molecule has 2 aromatic carbocycles. The highest BCUT2D eigenvalue weighted by Gasteiger charge is 2.18. The number of amides is 1. The lowest BCUT2D eigenvalue weighted by Gasteiger charge is -2.12. The van der Waals surface area contributed by atoms with Gasteiger partial charge in [0, 0.05) is 12.1 Å². The van der Waals surface area contributed by atoms with E-state index in [1.807, 2.05) is 30.3 Å². The highest BCUT2D eigenvalue weighted by atomic mass is 16.5. The van der Waals surface area contributed by atoms with Gasteiger partial charge in [-0.25, -0.2) is 0 Å². The molecule has 1 N–H and O–H groups in total.